The Labute approximate surface area is 180 Å². The smallest absolute Gasteiger partial charge is 0.404 e. The normalized spacial score (nSPS) is 22.4. The van der Waals surface area contributed by atoms with Gasteiger partial charge in [-0.3, -0.25) is 9.48 Å². The number of nitrogens with zero attached hydrogens (tertiary/aromatic N) is 3. The summed E-state index contributed by atoms with van der Waals surface area (Å²) in [6, 6.07) is 1.80. The third-order valence-electron chi connectivity index (χ3n) is 5.85. The molecule has 1 fully saturated rings. The molecule has 0 aromatic carbocycles. The van der Waals surface area contributed by atoms with Crippen LogP contribution in [-0.2, 0) is 22.5 Å². The van der Waals surface area contributed by atoms with Gasteiger partial charge in [0.25, 0.3) is 0 Å². The minimum atomic E-state index is -0.804. The monoisotopic (exact) mass is 431 g/mol. The Hall–Kier alpha value is -2.61. The third kappa shape index (κ3) is 4.28. The van der Waals surface area contributed by atoms with Gasteiger partial charge in [0.05, 0.1) is 11.2 Å². The third-order valence-corrected chi connectivity index (χ3v) is 6.15. The van der Waals surface area contributed by atoms with Crippen LogP contribution in [0.3, 0.4) is 0 Å². The van der Waals surface area contributed by atoms with Crippen LogP contribution in [0.1, 0.15) is 45.2 Å². The second-order valence-electron chi connectivity index (χ2n) is 8.96. The van der Waals surface area contributed by atoms with Gasteiger partial charge in [-0.1, -0.05) is 25.4 Å². The fourth-order valence-electron chi connectivity index (χ4n) is 4.47. The Morgan fingerprint density at radius 3 is 2.87 bits per heavy atom. The number of anilines is 1. The SMILES string of the molecule is CC1(C)Cc2c(-c3cc(NC(=O)[C@H]4CCC[C@H](OC(N)=O)C4)ncc3Cl)cnn2C1. The van der Waals surface area contributed by atoms with E-state index >= 15 is 0 Å². The molecule has 1 aliphatic carbocycles. The molecule has 0 radical (unpaired) electrons. The first-order valence-electron chi connectivity index (χ1n) is 10.2. The van der Waals surface area contributed by atoms with Crippen LogP contribution < -0.4 is 11.1 Å². The van der Waals surface area contributed by atoms with Crippen molar-refractivity contribution >= 4 is 29.4 Å². The summed E-state index contributed by atoms with van der Waals surface area (Å²) in [4.78, 5) is 28.1. The van der Waals surface area contributed by atoms with E-state index in [4.69, 9.17) is 22.1 Å². The van der Waals surface area contributed by atoms with E-state index in [1.54, 1.807) is 12.3 Å². The van der Waals surface area contributed by atoms with Gasteiger partial charge in [0.1, 0.15) is 11.9 Å². The number of carbonyl (C=O) groups excluding carboxylic acids is 2. The van der Waals surface area contributed by atoms with Crippen LogP contribution in [0, 0.1) is 11.3 Å². The van der Waals surface area contributed by atoms with Crippen molar-refractivity contribution in [1.82, 2.24) is 14.8 Å². The molecule has 2 aromatic heterocycles. The van der Waals surface area contributed by atoms with E-state index in [0.717, 1.165) is 49.0 Å². The number of carbonyl (C=O) groups is 2. The molecule has 4 rings (SSSR count). The molecule has 0 spiro atoms. The van der Waals surface area contributed by atoms with Crippen LogP contribution in [0.2, 0.25) is 5.02 Å². The zero-order chi connectivity index (χ0) is 21.5. The highest BCUT2D eigenvalue weighted by Crippen LogP contribution is 2.39. The number of amides is 2. The minimum absolute atomic E-state index is 0.144. The van der Waals surface area contributed by atoms with Crippen LogP contribution in [-0.4, -0.2) is 32.9 Å². The quantitative estimate of drug-likeness (QED) is 0.765. The molecule has 9 heteroatoms. The fourth-order valence-corrected chi connectivity index (χ4v) is 4.67. The number of hydrogen-bond acceptors (Lipinski definition) is 5. The lowest BCUT2D eigenvalue weighted by molar-refractivity contribution is -0.122. The summed E-state index contributed by atoms with van der Waals surface area (Å²) in [5.74, 6) is 0.0367. The Bertz CT molecular complexity index is 987. The first-order chi connectivity index (χ1) is 14.2. The van der Waals surface area contributed by atoms with Crippen LogP contribution in [0.25, 0.3) is 11.1 Å². The van der Waals surface area contributed by atoms with Gasteiger partial charge in [0, 0.05) is 35.5 Å². The number of primary amides is 1. The van der Waals surface area contributed by atoms with Crippen LogP contribution in [0.5, 0.6) is 0 Å². The van der Waals surface area contributed by atoms with Crippen LogP contribution >= 0.6 is 11.6 Å². The Kier molecular flexibility index (Phi) is 5.44. The largest absolute Gasteiger partial charge is 0.446 e. The predicted molar refractivity (Wildman–Crippen MR) is 113 cm³/mol. The zero-order valence-corrected chi connectivity index (χ0v) is 17.9. The first-order valence-corrected chi connectivity index (χ1v) is 10.6. The van der Waals surface area contributed by atoms with Gasteiger partial charge >= 0.3 is 6.09 Å². The number of ether oxygens (including phenoxy) is 1. The molecule has 0 unspecified atom stereocenters. The number of aromatic nitrogens is 3. The molecular formula is C21H26ClN5O3. The van der Waals surface area contributed by atoms with Crippen molar-refractivity contribution < 1.29 is 14.3 Å². The molecule has 0 saturated heterocycles. The molecule has 2 aromatic rings. The highest BCUT2D eigenvalue weighted by molar-refractivity contribution is 6.33. The molecule has 8 nitrogen and oxygen atoms in total. The molecular weight excluding hydrogens is 406 g/mol. The standard InChI is InChI=1S/C21H26ClN5O3/c1-21(2)8-17-15(9-25-27(17)11-21)14-7-18(24-10-16(14)22)26-19(28)12-4-3-5-13(6-12)30-20(23)29/h7,9-10,12-13H,3-6,8,11H2,1-2H3,(H2,23,29)(H,24,26,28)/t12-,13-/m0/s1. The molecule has 1 saturated carbocycles. The summed E-state index contributed by atoms with van der Waals surface area (Å²) >= 11 is 6.44. The van der Waals surface area contributed by atoms with Crippen molar-refractivity contribution in [1.29, 1.82) is 0 Å². The van der Waals surface area contributed by atoms with Crippen molar-refractivity contribution in [2.24, 2.45) is 17.1 Å². The topological polar surface area (TPSA) is 112 Å². The number of rotatable bonds is 4. The Morgan fingerprint density at radius 2 is 2.10 bits per heavy atom. The molecule has 3 heterocycles. The van der Waals surface area contributed by atoms with Crippen molar-refractivity contribution in [2.75, 3.05) is 5.32 Å². The van der Waals surface area contributed by atoms with E-state index in [1.807, 2.05) is 10.9 Å². The maximum Gasteiger partial charge on any atom is 0.404 e. The molecule has 1 aliphatic heterocycles. The summed E-state index contributed by atoms with van der Waals surface area (Å²) in [6.07, 6.45) is 5.87. The van der Waals surface area contributed by atoms with E-state index in [-0.39, 0.29) is 23.3 Å². The van der Waals surface area contributed by atoms with Gasteiger partial charge in [-0.25, -0.2) is 9.78 Å². The van der Waals surface area contributed by atoms with Crippen LogP contribution in [0.4, 0.5) is 10.6 Å². The molecule has 0 bridgehead atoms. The van der Waals surface area contributed by atoms with Gasteiger partial charge in [-0.05, 0) is 43.6 Å². The van der Waals surface area contributed by atoms with E-state index in [2.05, 4.69) is 29.2 Å². The molecule has 2 aliphatic rings. The molecule has 160 valence electrons. The van der Waals surface area contributed by atoms with Crippen molar-refractivity contribution in [2.45, 2.75) is 58.6 Å². The van der Waals surface area contributed by atoms with E-state index < -0.39 is 6.09 Å². The number of nitrogens with one attached hydrogen (secondary N) is 1. The fraction of sp³-hybridized carbons (Fsp3) is 0.524. The number of fused-ring (bicyclic) bond motifs is 1. The molecule has 2 atom stereocenters. The summed E-state index contributed by atoms with van der Waals surface area (Å²) in [7, 11) is 0. The highest BCUT2D eigenvalue weighted by atomic mass is 35.5. The second-order valence-corrected chi connectivity index (χ2v) is 9.37. The van der Waals surface area contributed by atoms with Gasteiger partial charge in [0.15, 0.2) is 0 Å². The number of pyridine rings is 1. The second kappa shape index (κ2) is 7.91. The molecule has 2 amide bonds. The lowest BCUT2D eigenvalue weighted by Gasteiger charge is -2.27. The lowest BCUT2D eigenvalue weighted by Crippen LogP contribution is -2.33. The first kappa shape index (κ1) is 20.7. The molecule has 30 heavy (non-hydrogen) atoms. The Balaban J connectivity index is 1.51. The lowest BCUT2D eigenvalue weighted by atomic mass is 9.86. The van der Waals surface area contributed by atoms with Gasteiger partial charge < -0.3 is 15.8 Å². The van der Waals surface area contributed by atoms with Crippen molar-refractivity contribution in [3.63, 3.8) is 0 Å². The van der Waals surface area contributed by atoms with Crippen molar-refractivity contribution in [3.05, 3.63) is 29.2 Å². The number of nitrogens with two attached hydrogens (primary N) is 1. The number of hydrogen-bond donors (Lipinski definition) is 2. The maximum absolute atomic E-state index is 12.8. The van der Waals surface area contributed by atoms with Crippen molar-refractivity contribution in [3.8, 4) is 11.1 Å². The summed E-state index contributed by atoms with van der Waals surface area (Å²) in [5, 5.41) is 7.91. The predicted octanol–water partition coefficient (Wildman–Crippen LogP) is 3.77. The number of halogens is 1. The highest BCUT2D eigenvalue weighted by Gasteiger charge is 2.32. The van der Waals surface area contributed by atoms with Gasteiger partial charge in [-0.15, -0.1) is 0 Å². The summed E-state index contributed by atoms with van der Waals surface area (Å²) in [5.41, 5.74) is 8.18. The van der Waals surface area contributed by atoms with E-state index in [9.17, 15) is 9.59 Å². The maximum atomic E-state index is 12.8. The summed E-state index contributed by atoms with van der Waals surface area (Å²) in [6.45, 7) is 5.29. The van der Waals surface area contributed by atoms with Crippen LogP contribution in [0.15, 0.2) is 18.5 Å². The van der Waals surface area contributed by atoms with Gasteiger partial charge in [0.2, 0.25) is 5.91 Å². The summed E-state index contributed by atoms with van der Waals surface area (Å²) < 4.78 is 7.10. The van der Waals surface area contributed by atoms with Gasteiger partial charge in [-0.2, -0.15) is 5.10 Å². The Morgan fingerprint density at radius 1 is 1.30 bits per heavy atom. The van der Waals surface area contributed by atoms with E-state index in [0.29, 0.717) is 17.3 Å². The zero-order valence-electron chi connectivity index (χ0n) is 17.2. The minimum Gasteiger partial charge on any atom is -0.446 e. The van der Waals surface area contributed by atoms with E-state index in [1.165, 1.54) is 0 Å². The average molecular weight is 432 g/mol. The molecule has 3 N–H and O–H groups in total. The average Bonchev–Trinajstić information content (AvgIpc) is 3.18.